The molecule has 2 heterocycles. The summed E-state index contributed by atoms with van der Waals surface area (Å²) in [6, 6.07) is 12.7. The number of rotatable bonds is 15. The van der Waals surface area contributed by atoms with Gasteiger partial charge in [0, 0.05) is 41.1 Å². The van der Waals surface area contributed by atoms with Crippen LogP contribution in [0.4, 0.5) is 5.69 Å². The number of unbranched alkanes of at least 4 members (excludes halogenated alkanes) is 9. The van der Waals surface area contributed by atoms with Gasteiger partial charge < -0.3 is 15.6 Å². The predicted octanol–water partition coefficient (Wildman–Crippen LogP) is 7.78. The van der Waals surface area contributed by atoms with Crippen molar-refractivity contribution in [1.29, 1.82) is 0 Å². The summed E-state index contributed by atoms with van der Waals surface area (Å²) in [4.78, 5) is 19.6. The maximum Gasteiger partial charge on any atom is 0.248 e. The number of H-pyrrole nitrogens is 1. The molecule has 0 fully saturated rings. The number of hydrogen-bond donors (Lipinski definition) is 3. The van der Waals surface area contributed by atoms with Gasteiger partial charge >= 0.3 is 0 Å². The van der Waals surface area contributed by atoms with Crippen LogP contribution in [0, 0.1) is 0 Å². The summed E-state index contributed by atoms with van der Waals surface area (Å²) in [5.74, 6) is 0. The van der Waals surface area contributed by atoms with Crippen molar-refractivity contribution in [2.45, 2.75) is 115 Å². The second-order valence-corrected chi connectivity index (χ2v) is 11.8. The Morgan fingerprint density at radius 3 is 2.31 bits per heavy atom. The van der Waals surface area contributed by atoms with Crippen LogP contribution in [0.3, 0.4) is 0 Å². The molecule has 5 nitrogen and oxygen atoms in total. The van der Waals surface area contributed by atoms with Crippen LogP contribution in [-0.2, 0) is 19.3 Å². The monoisotopic (exact) mass is 528 g/mol. The number of aromatic nitrogens is 2. The Labute approximate surface area is 234 Å². The van der Waals surface area contributed by atoms with Gasteiger partial charge in [0.25, 0.3) is 0 Å². The van der Waals surface area contributed by atoms with E-state index in [0.29, 0.717) is 6.04 Å². The summed E-state index contributed by atoms with van der Waals surface area (Å²) >= 11 is 0. The summed E-state index contributed by atoms with van der Waals surface area (Å²) in [6.45, 7) is 2.15. The molecule has 0 aliphatic heterocycles. The Morgan fingerprint density at radius 2 is 1.49 bits per heavy atom. The lowest BCUT2D eigenvalue weighted by Gasteiger charge is -2.26. The first-order valence-corrected chi connectivity index (χ1v) is 15.9. The van der Waals surface area contributed by atoms with E-state index in [4.69, 9.17) is 4.98 Å². The first kappa shape index (κ1) is 27.9. The van der Waals surface area contributed by atoms with Gasteiger partial charge in [0.15, 0.2) is 0 Å². The normalized spacial score (nSPS) is 16.7. The summed E-state index contributed by atoms with van der Waals surface area (Å²) in [7, 11) is 0. The molecule has 1 atom stereocenters. The molecule has 2 aliphatic carbocycles. The lowest BCUT2D eigenvalue weighted by Crippen LogP contribution is -2.28. The molecule has 5 rings (SSSR count). The minimum Gasteiger partial charge on any atom is -0.384 e. The third-order valence-electron chi connectivity index (χ3n) is 8.80. The molecule has 0 saturated heterocycles. The molecule has 3 N–H and O–H groups in total. The van der Waals surface area contributed by atoms with Gasteiger partial charge in [0.05, 0.1) is 5.52 Å². The van der Waals surface area contributed by atoms with Crippen molar-refractivity contribution >= 4 is 16.6 Å². The second kappa shape index (κ2) is 14.6. The highest BCUT2D eigenvalue weighted by Crippen LogP contribution is 2.33. The van der Waals surface area contributed by atoms with E-state index in [1.54, 1.807) is 6.07 Å². The SMILES string of the molecule is O=c1ccc2c([nH]1)CCC[C@H]2NCCCCCCCCCCCCNc1c2c(nc3ccccc13)CCCC2. The van der Waals surface area contributed by atoms with Crippen LogP contribution in [-0.4, -0.2) is 23.1 Å². The maximum absolute atomic E-state index is 11.6. The number of para-hydroxylation sites is 1. The Balaban J connectivity index is 0.889. The first-order valence-electron chi connectivity index (χ1n) is 15.9. The Kier molecular flexibility index (Phi) is 10.5. The van der Waals surface area contributed by atoms with Crippen molar-refractivity contribution in [2.24, 2.45) is 0 Å². The smallest absolute Gasteiger partial charge is 0.248 e. The van der Waals surface area contributed by atoms with Gasteiger partial charge in [0.1, 0.15) is 0 Å². The van der Waals surface area contributed by atoms with E-state index in [2.05, 4.69) is 39.9 Å². The third-order valence-corrected chi connectivity index (χ3v) is 8.80. The molecule has 2 aliphatic rings. The fourth-order valence-electron chi connectivity index (χ4n) is 6.64. The van der Waals surface area contributed by atoms with Gasteiger partial charge in [-0.1, -0.05) is 75.6 Å². The van der Waals surface area contributed by atoms with E-state index < -0.39 is 0 Å². The molecule has 1 aromatic carbocycles. The largest absolute Gasteiger partial charge is 0.384 e. The average molecular weight is 529 g/mol. The Morgan fingerprint density at radius 1 is 0.769 bits per heavy atom. The highest BCUT2D eigenvalue weighted by molar-refractivity contribution is 5.93. The van der Waals surface area contributed by atoms with Crippen LogP contribution in [0.25, 0.3) is 10.9 Å². The van der Waals surface area contributed by atoms with Crippen LogP contribution < -0.4 is 16.2 Å². The number of aryl methyl sites for hydroxylation is 2. The van der Waals surface area contributed by atoms with Crippen molar-refractivity contribution < 1.29 is 0 Å². The molecule has 5 heteroatoms. The van der Waals surface area contributed by atoms with Gasteiger partial charge in [-0.2, -0.15) is 0 Å². The van der Waals surface area contributed by atoms with Gasteiger partial charge in [-0.3, -0.25) is 9.78 Å². The van der Waals surface area contributed by atoms with Crippen molar-refractivity contribution in [1.82, 2.24) is 15.3 Å². The molecule has 0 unspecified atom stereocenters. The number of nitrogens with zero attached hydrogens (tertiary/aromatic N) is 1. The van der Waals surface area contributed by atoms with Crippen molar-refractivity contribution in [3.05, 3.63) is 69.3 Å². The maximum atomic E-state index is 11.6. The van der Waals surface area contributed by atoms with Crippen LogP contribution in [0.15, 0.2) is 41.2 Å². The zero-order valence-electron chi connectivity index (χ0n) is 23.8. The lowest BCUT2D eigenvalue weighted by atomic mass is 9.91. The Hall–Kier alpha value is -2.66. The molecule has 0 amide bonds. The zero-order chi connectivity index (χ0) is 26.7. The third kappa shape index (κ3) is 7.72. The lowest BCUT2D eigenvalue weighted by molar-refractivity contribution is 0.442. The number of pyridine rings is 2. The molecule has 3 aromatic rings. The minimum atomic E-state index is 0.0270. The predicted molar refractivity (Wildman–Crippen MR) is 164 cm³/mol. The topological polar surface area (TPSA) is 69.8 Å². The molecule has 0 radical (unpaired) electrons. The zero-order valence-corrected chi connectivity index (χ0v) is 23.8. The first-order chi connectivity index (χ1) is 19.3. The average Bonchev–Trinajstić information content (AvgIpc) is 2.96. The second-order valence-electron chi connectivity index (χ2n) is 11.8. The van der Waals surface area contributed by atoms with Gasteiger partial charge in [-0.15, -0.1) is 0 Å². The molecule has 39 heavy (non-hydrogen) atoms. The van der Waals surface area contributed by atoms with E-state index >= 15 is 0 Å². The van der Waals surface area contributed by atoms with Crippen LogP contribution >= 0.6 is 0 Å². The summed E-state index contributed by atoms with van der Waals surface area (Å²) in [6.07, 6.45) is 21.6. The van der Waals surface area contributed by atoms with Crippen molar-refractivity contribution in [2.75, 3.05) is 18.4 Å². The number of nitrogens with one attached hydrogen (secondary N) is 3. The number of fused-ring (bicyclic) bond motifs is 3. The van der Waals surface area contributed by atoms with Crippen LogP contribution in [0.1, 0.15) is 118 Å². The highest BCUT2D eigenvalue weighted by atomic mass is 16.1. The molecule has 210 valence electrons. The van der Waals surface area contributed by atoms with E-state index in [1.807, 2.05) is 6.07 Å². The number of benzene rings is 1. The number of anilines is 1. The molecular formula is C34H48N4O. The standard InChI is InChI=1S/C34H48N4O/c39-33-23-22-26-29(20-15-21-30(26)38-33)35-24-13-7-5-3-1-2-4-6-8-14-25-36-34-27-16-9-11-18-31(27)37-32-19-12-10-17-28(32)34/h9,11,16,18,22-23,29,35H,1-8,10,12-15,17,19-21,24-25H2,(H,36,37)(H,38,39)/t29-/m1/s1. The summed E-state index contributed by atoms with van der Waals surface area (Å²) < 4.78 is 0. The fourth-order valence-corrected chi connectivity index (χ4v) is 6.64. The van der Waals surface area contributed by atoms with Gasteiger partial charge in [0.2, 0.25) is 5.56 Å². The van der Waals surface area contributed by atoms with Crippen molar-refractivity contribution in [3.63, 3.8) is 0 Å². The molecule has 0 saturated carbocycles. The molecule has 0 bridgehead atoms. The number of aromatic amines is 1. The van der Waals surface area contributed by atoms with Crippen molar-refractivity contribution in [3.8, 4) is 0 Å². The molecule has 0 spiro atoms. The summed E-state index contributed by atoms with van der Waals surface area (Å²) in [5, 5.41) is 8.85. The van der Waals surface area contributed by atoms with Crippen LogP contribution in [0.2, 0.25) is 0 Å². The van der Waals surface area contributed by atoms with E-state index in [1.165, 1.54) is 118 Å². The van der Waals surface area contributed by atoms with E-state index in [0.717, 1.165) is 43.6 Å². The van der Waals surface area contributed by atoms with E-state index in [-0.39, 0.29) is 5.56 Å². The number of hydrogen-bond acceptors (Lipinski definition) is 4. The minimum absolute atomic E-state index is 0.0270. The fraction of sp³-hybridized carbons (Fsp3) is 0.588. The molecule has 2 aromatic heterocycles. The highest BCUT2D eigenvalue weighted by Gasteiger charge is 2.20. The summed E-state index contributed by atoms with van der Waals surface area (Å²) in [5.41, 5.74) is 7.79. The van der Waals surface area contributed by atoms with Crippen LogP contribution in [0.5, 0.6) is 0 Å². The van der Waals surface area contributed by atoms with E-state index in [9.17, 15) is 4.79 Å². The van der Waals surface area contributed by atoms with Gasteiger partial charge in [-0.25, -0.2) is 0 Å². The molecular weight excluding hydrogens is 480 g/mol. The Bertz CT molecular complexity index is 1250. The van der Waals surface area contributed by atoms with Gasteiger partial charge in [-0.05, 0) is 81.5 Å². The quantitative estimate of drug-likeness (QED) is 0.176.